The Morgan fingerprint density at radius 1 is 1.08 bits per heavy atom. The summed E-state index contributed by atoms with van der Waals surface area (Å²) in [6.07, 6.45) is 5.73. The fourth-order valence-corrected chi connectivity index (χ4v) is 2.48. The Balaban J connectivity index is 1.58. The van der Waals surface area contributed by atoms with Crippen LogP contribution >= 0.6 is 11.6 Å². The van der Waals surface area contributed by atoms with Crippen LogP contribution in [0.3, 0.4) is 0 Å². The van der Waals surface area contributed by atoms with Crippen molar-refractivity contribution < 1.29 is 0 Å². The van der Waals surface area contributed by atoms with Gasteiger partial charge in [-0.3, -0.25) is 0 Å². The van der Waals surface area contributed by atoms with Gasteiger partial charge in [-0.2, -0.15) is 5.10 Å². The molecule has 1 N–H and O–H groups in total. The van der Waals surface area contributed by atoms with Gasteiger partial charge < -0.3 is 10.2 Å². The standard InChI is InChI=1S/C18H20ClN5/c1-23(2)18-9-14(7-8-21-18)10-20-11-15-12-22-24(13-15)17-5-3-16(19)4-6-17/h3-9,12-13,20H,10-11H2,1-2H3. The molecule has 5 nitrogen and oxygen atoms in total. The average Bonchev–Trinajstić information content (AvgIpc) is 3.05. The Kier molecular flexibility index (Phi) is 5.13. The van der Waals surface area contributed by atoms with Crippen molar-refractivity contribution in [1.82, 2.24) is 20.1 Å². The van der Waals surface area contributed by atoms with Crippen LogP contribution in [-0.4, -0.2) is 28.9 Å². The molecule has 0 saturated carbocycles. The second kappa shape index (κ2) is 7.47. The first-order valence-electron chi connectivity index (χ1n) is 7.74. The molecule has 0 bridgehead atoms. The van der Waals surface area contributed by atoms with Gasteiger partial charge in [0.25, 0.3) is 0 Å². The van der Waals surface area contributed by atoms with E-state index < -0.39 is 0 Å². The lowest BCUT2D eigenvalue weighted by Gasteiger charge is -2.12. The van der Waals surface area contributed by atoms with E-state index >= 15 is 0 Å². The number of benzene rings is 1. The monoisotopic (exact) mass is 341 g/mol. The van der Waals surface area contributed by atoms with Crippen LogP contribution < -0.4 is 10.2 Å². The number of pyridine rings is 1. The normalized spacial score (nSPS) is 10.8. The number of halogens is 1. The molecule has 124 valence electrons. The van der Waals surface area contributed by atoms with Crippen LogP contribution in [0, 0.1) is 0 Å². The Morgan fingerprint density at radius 2 is 1.83 bits per heavy atom. The lowest BCUT2D eigenvalue weighted by Crippen LogP contribution is -2.14. The summed E-state index contributed by atoms with van der Waals surface area (Å²) in [6, 6.07) is 11.7. The average molecular weight is 342 g/mol. The number of nitrogens with zero attached hydrogens (tertiary/aromatic N) is 4. The van der Waals surface area contributed by atoms with Crippen LogP contribution in [0.25, 0.3) is 5.69 Å². The molecular weight excluding hydrogens is 322 g/mol. The molecule has 0 aliphatic rings. The zero-order chi connectivity index (χ0) is 16.9. The van der Waals surface area contributed by atoms with E-state index in [0.717, 1.165) is 35.2 Å². The lowest BCUT2D eigenvalue weighted by molar-refractivity contribution is 0.692. The lowest BCUT2D eigenvalue weighted by atomic mass is 10.2. The highest BCUT2D eigenvalue weighted by molar-refractivity contribution is 6.30. The highest BCUT2D eigenvalue weighted by atomic mass is 35.5. The number of hydrogen-bond acceptors (Lipinski definition) is 4. The molecule has 2 aromatic heterocycles. The summed E-state index contributed by atoms with van der Waals surface area (Å²) in [5.41, 5.74) is 3.33. The predicted molar refractivity (Wildman–Crippen MR) is 97.7 cm³/mol. The van der Waals surface area contributed by atoms with Gasteiger partial charge in [0.2, 0.25) is 0 Å². The highest BCUT2D eigenvalue weighted by Crippen LogP contribution is 2.14. The summed E-state index contributed by atoms with van der Waals surface area (Å²) in [6.45, 7) is 1.54. The van der Waals surface area contributed by atoms with Gasteiger partial charge in [-0.15, -0.1) is 0 Å². The molecule has 3 aromatic rings. The summed E-state index contributed by atoms with van der Waals surface area (Å²) in [7, 11) is 3.98. The third kappa shape index (κ3) is 4.13. The van der Waals surface area contributed by atoms with Crippen LogP contribution in [0.5, 0.6) is 0 Å². The van der Waals surface area contributed by atoms with Gasteiger partial charge in [-0.25, -0.2) is 9.67 Å². The third-order valence-electron chi connectivity index (χ3n) is 3.65. The minimum Gasteiger partial charge on any atom is -0.363 e. The van der Waals surface area contributed by atoms with Crippen LogP contribution in [0.4, 0.5) is 5.82 Å². The van der Waals surface area contributed by atoms with E-state index in [1.165, 1.54) is 5.56 Å². The van der Waals surface area contributed by atoms with Crippen molar-refractivity contribution in [3.63, 3.8) is 0 Å². The van der Waals surface area contributed by atoms with Gasteiger partial charge in [0, 0.05) is 50.2 Å². The van der Waals surface area contributed by atoms with Crippen molar-refractivity contribution in [2.24, 2.45) is 0 Å². The second-order valence-electron chi connectivity index (χ2n) is 5.79. The number of aromatic nitrogens is 3. The van der Waals surface area contributed by atoms with E-state index in [2.05, 4.69) is 21.5 Å². The summed E-state index contributed by atoms with van der Waals surface area (Å²) >= 11 is 5.91. The Labute approximate surface area is 146 Å². The van der Waals surface area contributed by atoms with Gasteiger partial charge in [0.1, 0.15) is 5.82 Å². The van der Waals surface area contributed by atoms with E-state index in [-0.39, 0.29) is 0 Å². The third-order valence-corrected chi connectivity index (χ3v) is 3.91. The van der Waals surface area contributed by atoms with Crippen molar-refractivity contribution in [2.45, 2.75) is 13.1 Å². The minimum absolute atomic E-state index is 0.724. The maximum atomic E-state index is 5.91. The highest BCUT2D eigenvalue weighted by Gasteiger charge is 2.02. The maximum Gasteiger partial charge on any atom is 0.128 e. The zero-order valence-electron chi connectivity index (χ0n) is 13.8. The molecule has 24 heavy (non-hydrogen) atoms. The first-order valence-corrected chi connectivity index (χ1v) is 8.12. The van der Waals surface area contributed by atoms with Gasteiger partial charge in [0.05, 0.1) is 11.9 Å². The van der Waals surface area contributed by atoms with Crippen molar-refractivity contribution in [3.05, 3.63) is 71.1 Å². The Bertz CT molecular complexity index is 795. The fourth-order valence-electron chi connectivity index (χ4n) is 2.35. The first kappa shape index (κ1) is 16.5. The van der Waals surface area contributed by atoms with E-state index in [1.54, 1.807) is 0 Å². The molecule has 0 fully saturated rings. The quantitative estimate of drug-likeness (QED) is 0.747. The van der Waals surface area contributed by atoms with E-state index in [4.69, 9.17) is 11.6 Å². The van der Waals surface area contributed by atoms with Crippen LogP contribution in [0.2, 0.25) is 5.02 Å². The summed E-state index contributed by atoms with van der Waals surface area (Å²) in [5.74, 6) is 0.963. The van der Waals surface area contributed by atoms with Crippen molar-refractivity contribution in [1.29, 1.82) is 0 Å². The van der Waals surface area contributed by atoms with Crippen molar-refractivity contribution in [3.8, 4) is 5.69 Å². The topological polar surface area (TPSA) is 46.0 Å². The fraction of sp³-hybridized carbons (Fsp3) is 0.222. The number of anilines is 1. The molecule has 2 heterocycles. The molecule has 0 unspecified atom stereocenters. The van der Waals surface area contributed by atoms with Crippen molar-refractivity contribution >= 4 is 17.4 Å². The molecule has 0 spiro atoms. The van der Waals surface area contributed by atoms with E-state index in [1.807, 2.05) is 72.6 Å². The number of hydrogen-bond donors (Lipinski definition) is 1. The predicted octanol–water partition coefficient (Wildman–Crippen LogP) is 3.28. The largest absolute Gasteiger partial charge is 0.363 e. The maximum absolute atomic E-state index is 5.91. The first-order chi connectivity index (χ1) is 11.6. The molecule has 0 amide bonds. The number of nitrogens with one attached hydrogen (secondary N) is 1. The second-order valence-corrected chi connectivity index (χ2v) is 6.23. The Morgan fingerprint density at radius 3 is 2.58 bits per heavy atom. The van der Waals surface area contributed by atoms with Crippen molar-refractivity contribution in [2.75, 3.05) is 19.0 Å². The molecule has 0 atom stereocenters. The van der Waals surface area contributed by atoms with Crippen LogP contribution in [-0.2, 0) is 13.1 Å². The molecule has 0 aliphatic carbocycles. The summed E-state index contributed by atoms with van der Waals surface area (Å²) < 4.78 is 1.85. The Hall–Kier alpha value is -2.37. The van der Waals surface area contributed by atoms with E-state index in [9.17, 15) is 0 Å². The van der Waals surface area contributed by atoms with Gasteiger partial charge in [0.15, 0.2) is 0 Å². The summed E-state index contributed by atoms with van der Waals surface area (Å²) in [4.78, 5) is 6.32. The van der Waals surface area contributed by atoms with Gasteiger partial charge >= 0.3 is 0 Å². The smallest absolute Gasteiger partial charge is 0.128 e. The van der Waals surface area contributed by atoms with Crippen LogP contribution in [0.1, 0.15) is 11.1 Å². The molecule has 0 radical (unpaired) electrons. The van der Waals surface area contributed by atoms with Crippen LogP contribution in [0.15, 0.2) is 55.0 Å². The molecule has 3 rings (SSSR count). The molecule has 1 aromatic carbocycles. The zero-order valence-corrected chi connectivity index (χ0v) is 14.5. The molecular formula is C18H20ClN5. The molecule has 0 saturated heterocycles. The van der Waals surface area contributed by atoms with E-state index in [0.29, 0.717) is 0 Å². The summed E-state index contributed by atoms with van der Waals surface area (Å²) in [5, 5.41) is 8.56. The molecule has 6 heteroatoms. The van der Waals surface area contributed by atoms with Gasteiger partial charge in [-0.05, 0) is 42.0 Å². The SMILES string of the molecule is CN(C)c1cc(CNCc2cnn(-c3ccc(Cl)cc3)c2)ccn1. The number of rotatable bonds is 6. The minimum atomic E-state index is 0.724. The van der Waals surface area contributed by atoms with Gasteiger partial charge in [-0.1, -0.05) is 11.6 Å². The molecule has 0 aliphatic heterocycles.